The van der Waals surface area contributed by atoms with Crippen LogP contribution in [0.1, 0.15) is 5.56 Å². The summed E-state index contributed by atoms with van der Waals surface area (Å²) in [6, 6.07) is 14.1. The van der Waals surface area contributed by atoms with Gasteiger partial charge in [-0.05, 0) is 36.4 Å². The van der Waals surface area contributed by atoms with Crippen molar-refractivity contribution in [3.8, 4) is 11.4 Å². The molecule has 162 valence electrons. The van der Waals surface area contributed by atoms with Crippen LogP contribution >= 0.6 is 0 Å². The first-order valence-electron chi connectivity index (χ1n) is 10.2. The van der Waals surface area contributed by atoms with Crippen molar-refractivity contribution < 1.29 is 13.2 Å². The first-order chi connectivity index (χ1) is 15.5. The van der Waals surface area contributed by atoms with Gasteiger partial charge in [-0.3, -0.25) is 4.98 Å². The molecule has 1 aliphatic rings. The summed E-state index contributed by atoms with van der Waals surface area (Å²) in [5.41, 5.74) is 0.950. The lowest BCUT2D eigenvalue weighted by Gasteiger charge is -2.36. The molecule has 1 fully saturated rings. The number of halogens is 3. The SMILES string of the molecule is FC(F)(F)c1ccc(N2CCN(c3nc(-c4cccnc4)nc4ccccc34)CC2)nc1. The molecule has 32 heavy (non-hydrogen) atoms. The van der Waals surface area contributed by atoms with Crippen molar-refractivity contribution in [1.82, 2.24) is 19.9 Å². The molecule has 0 radical (unpaired) electrons. The molecule has 0 spiro atoms. The fraction of sp³-hybridized carbons (Fsp3) is 0.217. The monoisotopic (exact) mass is 436 g/mol. The normalized spacial score (nSPS) is 14.7. The van der Waals surface area contributed by atoms with E-state index in [-0.39, 0.29) is 0 Å². The Morgan fingerprint density at radius 2 is 1.56 bits per heavy atom. The van der Waals surface area contributed by atoms with E-state index >= 15 is 0 Å². The van der Waals surface area contributed by atoms with Crippen molar-refractivity contribution in [2.45, 2.75) is 6.18 Å². The number of aromatic nitrogens is 4. The summed E-state index contributed by atoms with van der Waals surface area (Å²) in [5, 5.41) is 0.959. The number of hydrogen-bond acceptors (Lipinski definition) is 6. The van der Waals surface area contributed by atoms with Crippen LogP contribution in [0.4, 0.5) is 24.8 Å². The van der Waals surface area contributed by atoms with Gasteiger partial charge < -0.3 is 9.80 Å². The van der Waals surface area contributed by atoms with Gasteiger partial charge in [0.1, 0.15) is 11.6 Å². The lowest BCUT2D eigenvalue weighted by molar-refractivity contribution is -0.137. The second kappa shape index (κ2) is 8.07. The van der Waals surface area contributed by atoms with Crippen molar-refractivity contribution in [1.29, 1.82) is 0 Å². The molecule has 5 rings (SSSR count). The molecule has 6 nitrogen and oxygen atoms in total. The molecule has 0 N–H and O–H groups in total. The Kier molecular flexibility index (Phi) is 5.08. The van der Waals surface area contributed by atoms with Gasteiger partial charge in [0, 0.05) is 55.7 Å². The second-order valence-corrected chi connectivity index (χ2v) is 7.51. The van der Waals surface area contributed by atoms with Crippen LogP contribution in [0.2, 0.25) is 0 Å². The number of nitrogens with zero attached hydrogens (tertiary/aromatic N) is 6. The van der Waals surface area contributed by atoms with Crippen LogP contribution in [-0.4, -0.2) is 46.1 Å². The largest absolute Gasteiger partial charge is 0.417 e. The molecule has 1 aliphatic heterocycles. The number of hydrogen-bond donors (Lipinski definition) is 0. The summed E-state index contributed by atoms with van der Waals surface area (Å²) in [5.74, 6) is 1.99. The summed E-state index contributed by atoms with van der Waals surface area (Å²) in [7, 11) is 0. The molecule has 0 amide bonds. The van der Waals surface area contributed by atoms with Crippen molar-refractivity contribution in [2.24, 2.45) is 0 Å². The molecule has 4 heterocycles. The van der Waals surface area contributed by atoms with Crippen molar-refractivity contribution in [3.63, 3.8) is 0 Å². The average Bonchev–Trinajstić information content (AvgIpc) is 2.83. The molecule has 1 aromatic carbocycles. The molecular formula is C23H19F3N6. The quantitative estimate of drug-likeness (QED) is 0.474. The van der Waals surface area contributed by atoms with Crippen LogP contribution < -0.4 is 9.80 Å². The Balaban J connectivity index is 1.40. The van der Waals surface area contributed by atoms with E-state index in [9.17, 15) is 13.2 Å². The second-order valence-electron chi connectivity index (χ2n) is 7.51. The predicted molar refractivity (Wildman–Crippen MR) is 116 cm³/mol. The van der Waals surface area contributed by atoms with Gasteiger partial charge in [0.05, 0.1) is 11.1 Å². The Labute approximate surface area is 182 Å². The molecular weight excluding hydrogens is 417 g/mol. The lowest BCUT2D eigenvalue weighted by Crippen LogP contribution is -2.47. The smallest absolute Gasteiger partial charge is 0.353 e. The van der Waals surface area contributed by atoms with E-state index in [2.05, 4.69) is 14.9 Å². The van der Waals surface area contributed by atoms with E-state index in [4.69, 9.17) is 9.97 Å². The molecule has 0 unspecified atom stereocenters. The van der Waals surface area contributed by atoms with E-state index in [0.29, 0.717) is 37.8 Å². The molecule has 4 aromatic rings. The van der Waals surface area contributed by atoms with Crippen LogP contribution in [0.15, 0.2) is 67.1 Å². The van der Waals surface area contributed by atoms with E-state index in [0.717, 1.165) is 34.5 Å². The van der Waals surface area contributed by atoms with E-state index in [1.54, 1.807) is 12.4 Å². The zero-order chi connectivity index (χ0) is 22.1. The van der Waals surface area contributed by atoms with E-state index in [1.165, 1.54) is 6.07 Å². The average molecular weight is 436 g/mol. The highest BCUT2D eigenvalue weighted by molar-refractivity contribution is 5.91. The number of alkyl halides is 3. The van der Waals surface area contributed by atoms with Crippen LogP contribution in [-0.2, 0) is 6.18 Å². The number of pyridine rings is 2. The standard InChI is InChI=1S/C23H19F3N6/c24-23(25,26)17-7-8-20(28-15-17)31-10-12-32(13-11-31)22-18-5-1-2-6-19(18)29-21(30-22)16-4-3-9-27-14-16/h1-9,14-15H,10-13H2. The summed E-state index contributed by atoms with van der Waals surface area (Å²) in [4.78, 5) is 21.9. The maximum absolute atomic E-state index is 12.8. The molecule has 0 atom stereocenters. The Morgan fingerprint density at radius 1 is 0.781 bits per heavy atom. The van der Waals surface area contributed by atoms with Crippen LogP contribution in [0, 0.1) is 0 Å². The zero-order valence-electron chi connectivity index (χ0n) is 17.0. The minimum absolute atomic E-state index is 0.543. The van der Waals surface area contributed by atoms with Crippen LogP contribution in [0.3, 0.4) is 0 Å². The third-order valence-electron chi connectivity index (χ3n) is 5.48. The highest BCUT2D eigenvalue weighted by Gasteiger charge is 2.31. The zero-order valence-corrected chi connectivity index (χ0v) is 17.0. The van der Waals surface area contributed by atoms with E-state index < -0.39 is 11.7 Å². The number of piperazine rings is 1. The number of rotatable bonds is 3. The highest BCUT2D eigenvalue weighted by Crippen LogP contribution is 2.31. The Bertz CT molecular complexity index is 1220. The number of fused-ring (bicyclic) bond motifs is 1. The van der Waals surface area contributed by atoms with Gasteiger partial charge in [-0.1, -0.05) is 12.1 Å². The minimum Gasteiger partial charge on any atom is -0.353 e. The van der Waals surface area contributed by atoms with Gasteiger partial charge in [-0.25, -0.2) is 15.0 Å². The predicted octanol–water partition coefficient (Wildman–Crippen LogP) is 4.43. The highest BCUT2D eigenvalue weighted by atomic mass is 19.4. The van der Waals surface area contributed by atoms with Gasteiger partial charge >= 0.3 is 6.18 Å². The van der Waals surface area contributed by atoms with Crippen LogP contribution in [0.25, 0.3) is 22.3 Å². The van der Waals surface area contributed by atoms with Crippen molar-refractivity contribution in [3.05, 3.63) is 72.7 Å². The molecule has 9 heteroatoms. The Morgan fingerprint density at radius 3 is 2.25 bits per heavy atom. The van der Waals surface area contributed by atoms with Crippen molar-refractivity contribution in [2.75, 3.05) is 36.0 Å². The maximum atomic E-state index is 12.8. The molecule has 0 saturated carbocycles. The number of benzene rings is 1. The van der Waals surface area contributed by atoms with Gasteiger partial charge in [0.15, 0.2) is 5.82 Å². The van der Waals surface area contributed by atoms with Crippen molar-refractivity contribution >= 4 is 22.5 Å². The first kappa shape index (κ1) is 20.2. The van der Waals surface area contributed by atoms with Gasteiger partial charge in [0.2, 0.25) is 0 Å². The summed E-state index contributed by atoms with van der Waals surface area (Å²) in [6.07, 6.45) is -0.0495. The summed E-state index contributed by atoms with van der Waals surface area (Å²) < 4.78 is 38.4. The van der Waals surface area contributed by atoms with Gasteiger partial charge in [0.25, 0.3) is 0 Å². The molecule has 1 saturated heterocycles. The van der Waals surface area contributed by atoms with E-state index in [1.807, 2.05) is 41.3 Å². The molecule has 0 bridgehead atoms. The lowest BCUT2D eigenvalue weighted by atomic mass is 10.2. The van der Waals surface area contributed by atoms with Gasteiger partial charge in [-0.15, -0.1) is 0 Å². The maximum Gasteiger partial charge on any atom is 0.417 e. The Hall–Kier alpha value is -3.75. The summed E-state index contributed by atoms with van der Waals surface area (Å²) >= 11 is 0. The number of anilines is 2. The third-order valence-corrected chi connectivity index (χ3v) is 5.48. The topological polar surface area (TPSA) is 58.0 Å². The fourth-order valence-corrected chi connectivity index (χ4v) is 3.81. The van der Waals surface area contributed by atoms with Gasteiger partial charge in [-0.2, -0.15) is 13.2 Å². The third kappa shape index (κ3) is 3.93. The van der Waals surface area contributed by atoms with Crippen LogP contribution in [0.5, 0.6) is 0 Å². The fourth-order valence-electron chi connectivity index (χ4n) is 3.81. The first-order valence-corrected chi connectivity index (χ1v) is 10.2. The minimum atomic E-state index is -4.38. The molecule has 0 aliphatic carbocycles. The molecule has 3 aromatic heterocycles. The summed E-state index contributed by atoms with van der Waals surface area (Å²) in [6.45, 7) is 2.57. The number of para-hydroxylation sites is 1.